The van der Waals surface area contributed by atoms with Gasteiger partial charge in [0.25, 0.3) is 11.8 Å². The molecule has 0 radical (unpaired) electrons. The van der Waals surface area contributed by atoms with Crippen molar-refractivity contribution >= 4 is 23.2 Å². The molecule has 1 aromatic carbocycles. The minimum Gasteiger partial charge on any atom is -0.397 e. The van der Waals surface area contributed by atoms with Crippen LogP contribution in [0.4, 0.5) is 11.4 Å². The van der Waals surface area contributed by atoms with Crippen LogP contribution in [0.5, 0.6) is 0 Å². The highest BCUT2D eigenvalue weighted by molar-refractivity contribution is 6.05. The van der Waals surface area contributed by atoms with E-state index in [1.54, 1.807) is 44.3 Å². The molecule has 0 atom stereocenters. The molecule has 2 amide bonds. The summed E-state index contributed by atoms with van der Waals surface area (Å²) in [5, 5.41) is 5.28. The Kier molecular flexibility index (Phi) is 4.18. The fraction of sp³-hybridized carbons (Fsp3) is 0.133. The standard InChI is InChI=1S/C15H16N4O2/c1-9-13(7-11(16)8-18-9)15(21)19-12-5-3-10(4-6-12)14(20)17-2/h3-8H,16H2,1-2H3,(H,17,20)(H,19,21). The average Bonchev–Trinajstić information content (AvgIpc) is 2.49. The molecular weight excluding hydrogens is 268 g/mol. The van der Waals surface area contributed by atoms with E-state index < -0.39 is 0 Å². The quantitative estimate of drug-likeness (QED) is 0.797. The lowest BCUT2D eigenvalue weighted by molar-refractivity contribution is 0.0962. The van der Waals surface area contributed by atoms with E-state index >= 15 is 0 Å². The van der Waals surface area contributed by atoms with Gasteiger partial charge in [-0.05, 0) is 37.3 Å². The second kappa shape index (κ2) is 6.04. The summed E-state index contributed by atoms with van der Waals surface area (Å²) in [5.74, 6) is -0.469. The van der Waals surface area contributed by atoms with Gasteiger partial charge in [0.15, 0.2) is 0 Å². The highest BCUT2D eigenvalue weighted by atomic mass is 16.2. The molecule has 0 saturated heterocycles. The van der Waals surface area contributed by atoms with E-state index in [-0.39, 0.29) is 11.8 Å². The summed E-state index contributed by atoms with van der Waals surface area (Å²) in [6.45, 7) is 1.74. The van der Waals surface area contributed by atoms with Crippen molar-refractivity contribution in [3.63, 3.8) is 0 Å². The number of carbonyl (C=O) groups is 2. The third-order valence-corrected chi connectivity index (χ3v) is 2.98. The molecule has 0 aliphatic rings. The number of benzene rings is 1. The molecule has 4 N–H and O–H groups in total. The predicted octanol–water partition coefficient (Wildman–Crippen LogP) is 1.58. The Bertz CT molecular complexity index is 681. The summed E-state index contributed by atoms with van der Waals surface area (Å²) in [4.78, 5) is 27.7. The van der Waals surface area contributed by atoms with Crippen LogP contribution in [0.2, 0.25) is 0 Å². The normalized spacial score (nSPS) is 10.0. The number of anilines is 2. The van der Waals surface area contributed by atoms with E-state index in [1.165, 1.54) is 6.20 Å². The number of nitrogens with zero attached hydrogens (tertiary/aromatic N) is 1. The first-order valence-electron chi connectivity index (χ1n) is 6.37. The molecule has 6 heteroatoms. The van der Waals surface area contributed by atoms with Gasteiger partial charge in [0, 0.05) is 18.3 Å². The first-order chi connectivity index (χ1) is 10.0. The summed E-state index contributed by atoms with van der Waals surface area (Å²) in [7, 11) is 1.56. The van der Waals surface area contributed by atoms with Gasteiger partial charge < -0.3 is 16.4 Å². The third-order valence-electron chi connectivity index (χ3n) is 2.98. The lowest BCUT2D eigenvalue weighted by Crippen LogP contribution is -2.18. The zero-order chi connectivity index (χ0) is 15.4. The number of carbonyl (C=O) groups excluding carboxylic acids is 2. The van der Waals surface area contributed by atoms with Crippen molar-refractivity contribution in [2.45, 2.75) is 6.92 Å². The van der Waals surface area contributed by atoms with Crippen LogP contribution in [0, 0.1) is 6.92 Å². The number of nitrogens with two attached hydrogens (primary N) is 1. The SMILES string of the molecule is CNC(=O)c1ccc(NC(=O)c2cc(N)cnc2C)cc1. The first-order valence-corrected chi connectivity index (χ1v) is 6.37. The van der Waals surface area contributed by atoms with Crippen molar-refractivity contribution in [3.05, 3.63) is 53.3 Å². The maximum atomic E-state index is 12.2. The van der Waals surface area contributed by atoms with Crippen LogP contribution in [0.15, 0.2) is 36.5 Å². The van der Waals surface area contributed by atoms with Crippen LogP contribution >= 0.6 is 0 Å². The molecule has 2 rings (SSSR count). The van der Waals surface area contributed by atoms with E-state index in [1.807, 2.05) is 0 Å². The van der Waals surface area contributed by atoms with Crippen LogP contribution in [0.3, 0.4) is 0 Å². The van der Waals surface area contributed by atoms with Gasteiger partial charge in [-0.2, -0.15) is 0 Å². The first kappa shape index (κ1) is 14.5. The zero-order valence-corrected chi connectivity index (χ0v) is 11.8. The molecule has 108 valence electrons. The molecule has 0 unspecified atom stereocenters. The monoisotopic (exact) mass is 284 g/mol. The molecule has 0 saturated carbocycles. The zero-order valence-electron chi connectivity index (χ0n) is 11.8. The van der Waals surface area contributed by atoms with Crippen molar-refractivity contribution in [2.75, 3.05) is 18.1 Å². The van der Waals surface area contributed by atoms with Gasteiger partial charge in [0.2, 0.25) is 0 Å². The van der Waals surface area contributed by atoms with Gasteiger partial charge in [0.1, 0.15) is 0 Å². The highest BCUT2D eigenvalue weighted by Crippen LogP contribution is 2.14. The molecule has 0 aliphatic carbocycles. The molecule has 6 nitrogen and oxygen atoms in total. The summed E-state index contributed by atoms with van der Waals surface area (Å²) < 4.78 is 0. The van der Waals surface area contributed by atoms with Crippen LogP contribution < -0.4 is 16.4 Å². The minimum atomic E-state index is -0.292. The maximum absolute atomic E-state index is 12.2. The van der Waals surface area contributed by atoms with Gasteiger partial charge >= 0.3 is 0 Å². The number of aromatic nitrogens is 1. The van der Waals surface area contributed by atoms with E-state index in [4.69, 9.17) is 5.73 Å². The molecule has 1 aromatic heterocycles. The largest absolute Gasteiger partial charge is 0.397 e. The molecule has 2 aromatic rings. The summed E-state index contributed by atoms with van der Waals surface area (Å²) in [5.41, 5.74) is 8.21. The summed E-state index contributed by atoms with van der Waals surface area (Å²) in [6, 6.07) is 8.18. The second-order valence-electron chi connectivity index (χ2n) is 4.51. The molecule has 0 bridgehead atoms. The Morgan fingerprint density at radius 2 is 1.81 bits per heavy atom. The number of nitrogens with one attached hydrogen (secondary N) is 2. The Hall–Kier alpha value is -2.89. The van der Waals surface area contributed by atoms with Crippen molar-refractivity contribution < 1.29 is 9.59 Å². The topological polar surface area (TPSA) is 97.1 Å². The van der Waals surface area contributed by atoms with Gasteiger partial charge in [-0.25, -0.2) is 0 Å². The lowest BCUT2D eigenvalue weighted by Gasteiger charge is -2.08. The molecule has 0 aliphatic heterocycles. The van der Waals surface area contributed by atoms with E-state index in [0.29, 0.717) is 28.2 Å². The third kappa shape index (κ3) is 3.36. The Morgan fingerprint density at radius 1 is 1.14 bits per heavy atom. The number of hydrogen-bond acceptors (Lipinski definition) is 4. The number of aryl methyl sites for hydroxylation is 1. The van der Waals surface area contributed by atoms with Gasteiger partial charge in [0.05, 0.1) is 23.1 Å². The fourth-order valence-corrected chi connectivity index (χ4v) is 1.83. The number of amides is 2. The minimum absolute atomic E-state index is 0.177. The molecule has 21 heavy (non-hydrogen) atoms. The van der Waals surface area contributed by atoms with Gasteiger partial charge in [-0.3, -0.25) is 14.6 Å². The van der Waals surface area contributed by atoms with E-state index in [9.17, 15) is 9.59 Å². The molecule has 1 heterocycles. The molecule has 0 spiro atoms. The Morgan fingerprint density at radius 3 is 2.43 bits per heavy atom. The number of nitrogen functional groups attached to an aromatic ring is 1. The van der Waals surface area contributed by atoms with Crippen LogP contribution in [0.25, 0.3) is 0 Å². The van der Waals surface area contributed by atoms with E-state index in [0.717, 1.165) is 0 Å². The van der Waals surface area contributed by atoms with Crippen molar-refractivity contribution in [1.82, 2.24) is 10.3 Å². The second-order valence-corrected chi connectivity index (χ2v) is 4.51. The number of rotatable bonds is 3. The highest BCUT2D eigenvalue weighted by Gasteiger charge is 2.11. The van der Waals surface area contributed by atoms with Crippen LogP contribution in [0.1, 0.15) is 26.4 Å². The van der Waals surface area contributed by atoms with Crippen LogP contribution in [-0.4, -0.2) is 23.8 Å². The summed E-state index contributed by atoms with van der Waals surface area (Å²) >= 11 is 0. The number of pyridine rings is 1. The van der Waals surface area contributed by atoms with Crippen molar-refractivity contribution in [3.8, 4) is 0 Å². The van der Waals surface area contributed by atoms with Crippen molar-refractivity contribution in [2.24, 2.45) is 0 Å². The van der Waals surface area contributed by atoms with Crippen molar-refractivity contribution in [1.29, 1.82) is 0 Å². The summed E-state index contributed by atoms with van der Waals surface area (Å²) in [6.07, 6.45) is 1.50. The van der Waals surface area contributed by atoms with Crippen LogP contribution in [-0.2, 0) is 0 Å². The van der Waals surface area contributed by atoms with E-state index in [2.05, 4.69) is 15.6 Å². The Labute approximate surface area is 122 Å². The van der Waals surface area contributed by atoms with Gasteiger partial charge in [-0.15, -0.1) is 0 Å². The molecular formula is C15H16N4O2. The predicted molar refractivity (Wildman–Crippen MR) is 81.2 cm³/mol. The number of hydrogen-bond donors (Lipinski definition) is 3. The van der Waals surface area contributed by atoms with Gasteiger partial charge in [-0.1, -0.05) is 0 Å². The lowest BCUT2D eigenvalue weighted by atomic mass is 10.1. The Balaban J connectivity index is 2.16. The average molecular weight is 284 g/mol. The maximum Gasteiger partial charge on any atom is 0.257 e. The fourth-order valence-electron chi connectivity index (χ4n) is 1.83. The smallest absolute Gasteiger partial charge is 0.257 e. The molecule has 0 fully saturated rings.